The Kier molecular flexibility index (Phi) is 5.18. The van der Waals surface area contributed by atoms with Crippen LogP contribution in [-0.2, 0) is 6.42 Å². The fourth-order valence-electron chi connectivity index (χ4n) is 4.53. The summed E-state index contributed by atoms with van der Waals surface area (Å²) in [5.41, 5.74) is 2.28. The van der Waals surface area contributed by atoms with E-state index in [1.54, 1.807) is 0 Å². The van der Waals surface area contributed by atoms with Gasteiger partial charge in [0.2, 0.25) is 0 Å². The molecule has 1 aromatic carbocycles. The van der Waals surface area contributed by atoms with Crippen LogP contribution in [0.1, 0.15) is 44.0 Å². The van der Waals surface area contributed by atoms with Gasteiger partial charge in [-0.05, 0) is 50.2 Å². The lowest BCUT2D eigenvalue weighted by Gasteiger charge is -2.35. The summed E-state index contributed by atoms with van der Waals surface area (Å²) in [5.74, 6) is 1.89. The zero-order valence-corrected chi connectivity index (χ0v) is 15.0. The van der Waals surface area contributed by atoms with Gasteiger partial charge < -0.3 is 14.6 Å². The van der Waals surface area contributed by atoms with E-state index in [9.17, 15) is 5.11 Å². The fraction of sp³-hybridized carbons (Fsp3) is 0.571. The molecule has 4 heteroatoms. The van der Waals surface area contributed by atoms with Gasteiger partial charge in [-0.2, -0.15) is 0 Å². The number of aromatic nitrogens is 2. The van der Waals surface area contributed by atoms with Crippen LogP contribution in [0.5, 0.6) is 0 Å². The molecule has 4 rings (SSSR count). The van der Waals surface area contributed by atoms with E-state index in [4.69, 9.17) is 4.98 Å². The van der Waals surface area contributed by atoms with Gasteiger partial charge in [-0.3, -0.25) is 0 Å². The molecule has 1 aliphatic carbocycles. The van der Waals surface area contributed by atoms with Crippen LogP contribution < -0.4 is 0 Å². The molecule has 1 saturated heterocycles. The topological polar surface area (TPSA) is 41.3 Å². The molecular formula is C21H29N3O. The monoisotopic (exact) mass is 339 g/mol. The maximum Gasteiger partial charge on any atom is 0.112 e. The number of fused-ring (bicyclic) bond motifs is 1. The van der Waals surface area contributed by atoms with Crippen molar-refractivity contribution in [2.45, 2.75) is 44.6 Å². The molecule has 1 fully saturated rings. The molecule has 0 bridgehead atoms. The van der Waals surface area contributed by atoms with Gasteiger partial charge >= 0.3 is 0 Å². The first-order chi connectivity index (χ1) is 12.3. The number of allylic oxidation sites excluding steroid dienone is 2. The van der Waals surface area contributed by atoms with E-state index in [2.05, 4.69) is 39.8 Å². The Balaban J connectivity index is 1.46. The van der Waals surface area contributed by atoms with Crippen molar-refractivity contribution in [2.75, 3.05) is 26.2 Å². The second-order valence-corrected chi connectivity index (χ2v) is 7.54. The molecule has 1 aromatic heterocycles. The molecule has 2 heterocycles. The zero-order chi connectivity index (χ0) is 17.1. The molecular weight excluding hydrogens is 310 g/mol. The van der Waals surface area contributed by atoms with Gasteiger partial charge in [-0.15, -0.1) is 0 Å². The van der Waals surface area contributed by atoms with Gasteiger partial charge in [0.15, 0.2) is 0 Å². The molecule has 25 heavy (non-hydrogen) atoms. The van der Waals surface area contributed by atoms with Gasteiger partial charge in [-0.1, -0.05) is 24.3 Å². The van der Waals surface area contributed by atoms with Crippen molar-refractivity contribution in [1.29, 1.82) is 0 Å². The van der Waals surface area contributed by atoms with Crippen LogP contribution in [0.3, 0.4) is 0 Å². The molecule has 0 amide bonds. The lowest BCUT2D eigenvalue weighted by molar-refractivity contribution is 0.158. The van der Waals surface area contributed by atoms with Crippen molar-refractivity contribution >= 4 is 11.0 Å². The summed E-state index contributed by atoms with van der Waals surface area (Å²) in [6.45, 7) is 3.77. The third-order valence-electron chi connectivity index (χ3n) is 5.82. The molecule has 0 radical (unpaired) electrons. The number of imidazole rings is 1. The normalized spacial score (nSPS) is 22.7. The van der Waals surface area contributed by atoms with E-state index in [-0.39, 0.29) is 6.61 Å². The summed E-state index contributed by atoms with van der Waals surface area (Å²) in [6, 6.07) is 8.90. The molecule has 2 aliphatic rings. The molecule has 1 aliphatic heterocycles. The molecule has 1 atom stereocenters. The first-order valence-electron chi connectivity index (χ1n) is 9.79. The van der Waals surface area contributed by atoms with Crippen LogP contribution in [0.15, 0.2) is 36.4 Å². The maximum absolute atomic E-state index is 9.42. The minimum atomic E-state index is 0.164. The molecule has 0 saturated carbocycles. The standard InChI is InChI=1S/C21H29N3O/c25-15-12-21-22-19-8-4-5-9-20(19)24(21)18-10-13-23(14-11-18)16-17-6-2-1-3-7-17/h1-2,4-5,8-9,17-18,25H,3,6-7,10-16H2. The summed E-state index contributed by atoms with van der Waals surface area (Å²) in [5, 5.41) is 9.42. The van der Waals surface area contributed by atoms with Gasteiger partial charge in [0.1, 0.15) is 5.82 Å². The van der Waals surface area contributed by atoms with Crippen LogP contribution >= 0.6 is 0 Å². The highest BCUT2D eigenvalue weighted by molar-refractivity contribution is 5.76. The summed E-state index contributed by atoms with van der Waals surface area (Å²) in [6.07, 6.45) is 11.6. The largest absolute Gasteiger partial charge is 0.396 e. The van der Waals surface area contributed by atoms with Crippen molar-refractivity contribution in [3.63, 3.8) is 0 Å². The average molecular weight is 339 g/mol. The number of hydrogen-bond donors (Lipinski definition) is 1. The Morgan fingerprint density at radius 2 is 1.92 bits per heavy atom. The molecule has 2 aromatic rings. The van der Waals surface area contributed by atoms with E-state index in [1.807, 2.05) is 6.07 Å². The molecule has 134 valence electrons. The van der Waals surface area contributed by atoms with Gasteiger partial charge in [-0.25, -0.2) is 4.98 Å². The first-order valence-corrected chi connectivity index (χ1v) is 9.79. The number of piperidine rings is 1. The number of aliphatic hydroxyl groups excluding tert-OH is 1. The number of benzene rings is 1. The second-order valence-electron chi connectivity index (χ2n) is 7.54. The SMILES string of the molecule is OCCc1nc2ccccc2n1C1CCN(CC2CC=CCC2)CC1. The fourth-order valence-corrected chi connectivity index (χ4v) is 4.53. The van der Waals surface area contributed by atoms with Crippen molar-refractivity contribution in [3.05, 3.63) is 42.2 Å². The number of hydrogen-bond acceptors (Lipinski definition) is 3. The van der Waals surface area contributed by atoms with Crippen LogP contribution in [0.25, 0.3) is 11.0 Å². The predicted molar refractivity (Wildman–Crippen MR) is 102 cm³/mol. The van der Waals surface area contributed by atoms with E-state index in [0.717, 1.165) is 17.3 Å². The smallest absolute Gasteiger partial charge is 0.112 e. The molecule has 1 unspecified atom stereocenters. The van der Waals surface area contributed by atoms with Crippen LogP contribution in [0.2, 0.25) is 0 Å². The van der Waals surface area contributed by atoms with Crippen LogP contribution in [-0.4, -0.2) is 45.8 Å². The third-order valence-corrected chi connectivity index (χ3v) is 5.82. The Hall–Kier alpha value is -1.65. The zero-order valence-electron chi connectivity index (χ0n) is 15.0. The lowest BCUT2D eigenvalue weighted by atomic mass is 9.93. The summed E-state index contributed by atoms with van der Waals surface area (Å²) in [4.78, 5) is 7.43. The number of likely N-dealkylation sites (tertiary alicyclic amines) is 1. The van der Waals surface area contributed by atoms with Crippen molar-refractivity contribution < 1.29 is 5.11 Å². The van der Waals surface area contributed by atoms with E-state index >= 15 is 0 Å². The van der Waals surface area contributed by atoms with Gasteiger partial charge in [0.25, 0.3) is 0 Å². The second kappa shape index (κ2) is 7.71. The third kappa shape index (κ3) is 3.65. The quantitative estimate of drug-likeness (QED) is 0.847. The number of nitrogens with zero attached hydrogens (tertiary/aromatic N) is 3. The van der Waals surface area contributed by atoms with E-state index in [1.165, 1.54) is 57.3 Å². The van der Waals surface area contributed by atoms with Gasteiger partial charge in [0.05, 0.1) is 17.6 Å². The number of aliphatic hydroxyl groups is 1. The maximum atomic E-state index is 9.42. The molecule has 1 N–H and O–H groups in total. The lowest BCUT2D eigenvalue weighted by Crippen LogP contribution is -2.38. The Labute approximate surface area is 150 Å². The highest BCUT2D eigenvalue weighted by Crippen LogP contribution is 2.30. The van der Waals surface area contributed by atoms with Crippen molar-refractivity contribution in [2.24, 2.45) is 5.92 Å². The van der Waals surface area contributed by atoms with Crippen LogP contribution in [0, 0.1) is 5.92 Å². The Morgan fingerprint density at radius 1 is 1.08 bits per heavy atom. The Morgan fingerprint density at radius 3 is 2.68 bits per heavy atom. The summed E-state index contributed by atoms with van der Waals surface area (Å²) < 4.78 is 2.41. The van der Waals surface area contributed by atoms with E-state index in [0.29, 0.717) is 12.5 Å². The predicted octanol–water partition coefficient (Wildman–Crippen LogP) is 3.56. The minimum absolute atomic E-state index is 0.164. The molecule has 0 spiro atoms. The average Bonchev–Trinajstić information content (AvgIpc) is 3.02. The van der Waals surface area contributed by atoms with Crippen molar-refractivity contribution in [1.82, 2.24) is 14.5 Å². The first kappa shape index (κ1) is 16.8. The highest BCUT2D eigenvalue weighted by atomic mass is 16.3. The summed E-state index contributed by atoms with van der Waals surface area (Å²) >= 11 is 0. The summed E-state index contributed by atoms with van der Waals surface area (Å²) in [7, 11) is 0. The minimum Gasteiger partial charge on any atom is -0.396 e. The van der Waals surface area contributed by atoms with Crippen LogP contribution in [0.4, 0.5) is 0 Å². The number of rotatable bonds is 5. The Bertz CT molecular complexity index is 728. The van der Waals surface area contributed by atoms with Crippen molar-refractivity contribution in [3.8, 4) is 0 Å². The highest BCUT2D eigenvalue weighted by Gasteiger charge is 2.25. The van der Waals surface area contributed by atoms with E-state index < -0.39 is 0 Å². The molecule has 4 nitrogen and oxygen atoms in total. The number of para-hydroxylation sites is 2. The van der Waals surface area contributed by atoms with Gasteiger partial charge in [0, 0.05) is 32.1 Å².